The molecule has 1 aromatic carbocycles. The van der Waals surface area contributed by atoms with Crippen molar-refractivity contribution in [2.45, 2.75) is 18.2 Å². The summed E-state index contributed by atoms with van der Waals surface area (Å²) >= 11 is 4.64. The Morgan fingerprint density at radius 1 is 1.31 bits per heavy atom. The summed E-state index contributed by atoms with van der Waals surface area (Å²) in [5.41, 5.74) is 7.11. The predicted octanol–water partition coefficient (Wildman–Crippen LogP) is 1.77. The van der Waals surface area contributed by atoms with Gasteiger partial charge in [-0.2, -0.15) is 12.6 Å². The Bertz CT molecular complexity index is 315. The number of benzene rings is 1. The molecule has 2 atom stereocenters. The van der Waals surface area contributed by atoms with Crippen molar-refractivity contribution in [3.63, 3.8) is 0 Å². The lowest BCUT2D eigenvalue weighted by Crippen LogP contribution is -2.43. The first kappa shape index (κ1) is 12.0. The van der Waals surface area contributed by atoms with Gasteiger partial charge in [-0.25, -0.2) is 0 Å². The Balaban J connectivity index is 1.89. The van der Waals surface area contributed by atoms with Crippen LogP contribution in [0.5, 0.6) is 0 Å². The minimum Gasteiger partial charge on any atom is -0.330 e. The molecule has 1 heterocycles. The van der Waals surface area contributed by atoms with Crippen molar-refractivity contribution in [1.29, 1.82) is 0 Å². The van der Waals surface area contributed by atoms with Crippen LogP contribution in [-0.4, -0.2) is 29.8 Å². The highest BCUT2D eigenvalue weighted by atomic mass is 32.1. The smallest absolute Gasteiger partial charge is 0.0234 e. The molecule has 1 aliphatic heterocycles. The largest absolute Gasteiger partial charge is 0.330 e. The molecule has 1 aliphatic rings. The molecule has 2 rings (SSSR count). The summed E-state index contributed by atoms with van der Waals surface area (Å²) in [4.78, 5) is 2.47. The maximum absolute atomic E-state index is 5.72. The van der Waals surface area contributed by atoms with Crippen molar-refractivity contribution in [1.82, 2.24) is 4.90 Å². The van der Waals surface area contributed by atoms with Crippen LogP contribution in [0.1, 0.15) is 12.0 Å². The van der Waals surface area contributed by atoms with E-state index < -0.39 is 0 Å². The van der Waals surface area contributed by atoms with Crippen molar-refractivity contribution in [3.05, 3.63) is 35.9 Å². The van der Waals surface area contributed by atoms with Gasteiger partial charge in [0.1, 0.15) is 0 Å². The fourth-order valence-electron chi connectivity index (χ4n) is 2.31. The number of rotatable bonds is 3. The third-order valence-corrected chi connectivity index (χ3v) is 3.94. The van der Waals surface area contributed by atoms with Gasteiger partial charge in [0.25, 0.3) is 0 Å². The number of piperidine rings is 1. The van der Waals surface area contributed by atoms with Crippen molar-refractivity contribution < 1.29 is 0 Å². The van der Waals surface area contributed by atoms with Gasteiger partial charge in [0.05, 0.1) is 0 Å². The summed E-state index contributed by atoms with van der Waals surface area (Å²) < 4.78 is 0. The second-order valence-electron chi connectivity index (χ2n) is 4.57. The van der Waals surface area contributed by atoms with E-state index in [1.807, 2.05) is 0 Å². The van der Waals surface area contributed by atoms with Crippen LogP contribution in [0.4, 0.5) is 0 Å². The van der Waals surface area contributed by atoms with E-state index >= 15 is 0 Å². The number of hydrogen-bond donors (Lipinski definition) is 2. The highest BCUT2D eigenvalue weighted by Gasteiger charge is 2.25. The molecule has 16 heavy (non-hydrogen) atoms. The van der Waals surface area contributed by atoms with Crippen molar-refractivity contribution in [3.8, 4) is 0 Å². The zero-order chi connectivity index (χ0) is 11.4. The predicted molar refractivity (Wildman–Crippen MR) is 71.7 cm³/mol. The van der Waals surface area contributed by atoms with Crippen LogP contribution in [0.2, 0.25) is 0 Å². The van der Waals surface area contributed by atoms with Crippen LogP contribution in [0.25, 0.3) is 0 Å². The molecule has 0 aliphatic carbocycles. The average molecular weight is 236 g/mol. The molecule has 3 heteroatoms. The normalized spacial score (nSPS) is 26.9. The molecule has 2 N–H and O–H groups in total. The first-order valence-electron chi connectivity index (χ1n) is 5.94. The first-order valence-corrected chi connectivity index (χ1v) is 6.45. The van der Waals surface area contributed by atoms with Crippen LogP contribution in [0.15, 0.2) is 30.3 Å². The Kier molecular flexibility index (Phi) is 4.27. The molecular weight excluding hydrogens is 216 g/mol. The summed E-state index contributed by atoms with van der Waals surface area (Å²) in [6.45, 7) is 4.01. The molecule has 2 unspecified atom stereocenters. The Hall–Kier alpha value is -0.510. The van der Waals surface area contributed by atoms with Gasteiger partial charge in [-0.1, -0.05) is 30.3 Å². The molecule has 1 saturated heterocycles. The fourth-order valence-corrected chi connectivity index (χ4v) is 2.81. The van der Waals surface area contributed by atoms with E-state index in [1.165, 1.54) is 12.0 Å². The Labute approximate surface area is 103 Å². The first-order chi connectivity index (χ1) is 7.79. The zero-order valence-electron chi connectivity index (χ0n) is 9.55. The van der Waals surface area contributed by atoms with E-state index in [0.29, 0.717) is 11.2 Å². The topological polar surface area (TPSA) is 29.3 Å². The van der Waals surface area contributed by atoms with Gasteiger partial charge in [-0.15, -0.1) is 0 Å². The summed E-state index contributed by atoms with van der Waals surface area (Å²) in [7, 11) is 0. The van der Waals surface area contributed by atoms with Crippen molar-refractivity contribution in [2.24, 2.45) is 11.7 Å². The minimum atomic E-state index is 0.433. The third kappa shape index (κ3) is 3.00. The van der Waals surface area contributed by atoms with Crippen LogP contribution in [0.3, 0.4) is 0 Å². The maximum Gasteiger partial charge on any atom is 0.0234 e. The van der Waals surface area contributed by atoms with E-state index in [4.69, 9.17) is 5.73 Å². The van der Waals surface area contributed by atoms with Crippen LogP contribution in [-0.2, 0) is 6.54 Å². The van der Waals surface area contributed by atoms with Gasteiger partial charge < -0.3 is 5.73 Å². The monoisotopic (exact) mass is 236 g/mol. The summed E-state index contributed by atoms with van der Waals surface area (Å²) in [5, 5.41) is 0.433. The molecule has 88 valence electrons. The number of likely N-dealkylation sites (tertiary alicyclic amines) is 1. The third-order valence-electron chi connectivity index (χ3n) is 3.36. The SMILES string of the molecule is NCC1CCN(Cc2ccccc2)CC1S. The Morgan fingerprint density at radius 3 is 2.69 bits per heavy atom. The van der Waals surface area contributed by atoms with Gasteiger partial charge >= 0.3 is 0 Å². The van der Waals surface area contributed by atoms with Gasteiger partial charge in [0, 0.05) is 18.3 Å². The van der Waals surface area contributed by atoms with E-state index in [-0.39, 0.29) is 0 Å². The standard InChI is InChI=1S/C13H20N2S/c14-8-12-6-7-15(10-13(12)16)9-11-4-2-1-3-5-11/h1-5,12-13,16H,6-10,14H2. The molecule has 2 nitrogen and oxygen atoms in total. The number of thiol groups is 1. The lowest BCUT2D eigenvalue weighted by molar-refractivity contribution is 0.188. The van der Waals surface area contributed by atoms with Gasteiger partial charge in [-0.05, 0) is 31.0 Å². The number of nitrogens with zero attached hydrogens (tertiary/aromatic N) is 1. The molecule has 1 aromatic rings. The highest BCUT2D eigenvalue weighted by Crippen LogP contribution is 2.22. The van der Waals surface area contributed by atoms with E-state index in [1.54, 1.807) is 0 Å². The highest BCUT2D eigenvalue weighted by molar-refractivity contribution is 7.81. The van der Waals surface area contributed by atoms with Crippen molar-refractivity contribution in [2.75, 3.05) is 19.6 Å². The lowest BCUT2D eigenvalue weighted by atomic mass is 9.96. The van der Waals surface area contributed by atoms with Gasteiger partial charge in [0.15, 0.2) is 0 Å². The fraction of sp³-hybridized carbons (Fsp3) is 0.538. The Morgan fingerprint density at radius 2 is 2.06 bits per heavy atom. The molecule has 0 saturated carbocycles. The molecule has 0 aromatic heterocycles. The zero-order valence-corrected chi connectivity index (χ0v) is 10.4. The van der Waals surface area contributed by atoms with Crippen LogP contribution in [0, 0.1) is 5.92 Å². The maximum atomic E-state index is 5.72. The number of hydrogen-bond acceptors (Lipinski definition) is 3. The minimum absolute atomic E-state index is 0.433. The number of nitrogens with two attached hydrogens (primary N) is 1. The van der Waals surface area contributed by atoms with Gasteiger partial charge in [-0.3, -0.25) is 4.90 Å². The van der Waals surface area contributed by atoms with E-state index in [0.717, 1.165) is 26.2 Å². The van der Waals surface area contributed by atoms with E-state index in [2.05, 4.69) is 47.9 Å². The molecule has 0 amide bonds. The van der Waals surface area contributed by atoms with Gasteiger partial charge in [0.2, 0.25) is 0 Å². The summed E-state index contributed by atoms with van der Waals surface area (Å²) in [5.74, 6) is 0.593. The van der Waals surface area contributed by atoms with E-state index in [9.17, 15) is 0 Å². The average Bonchev–Trinajstić information content (AvgIpc) is 2.31. The second-order valence-corrected chi connectivity index (χ2v) is 5.24. The second kappa shape index (κ2) is 5.71. The molecule has 0 radical (unpaired) electrons. The molecule has 0 bridgehead atoms. The lowest BCUT2D eigenvalue weighted by Gasteiger charge is -2.35. The summed E-state index contributed by atoms with van der Waals surface area (Å²) in [6, 6.07) is 10.6. The molecular formula is C13H20N2S. The molecule has 1 fully saturated rings. The van der Waals surface area contributed by atoms with Crippen molar-refractivity contribution >= 4 is 12.6 Å². The van der Waals surface area contributed by atoms with Crippen LogP contribution >= 0.6 is 12.6 Å². The molecule has 0 spiro atoms. The van der Waals surface area contributed by atoms with Crippen LogP contribution < -0.4 is 5.73 Å². The summed E-state index contributed by atoms with van der Waals surface area (Å²) in [6.07, 6.45) is 1.18. The quantitative estimate of drug-likeness (QED) is 0.783.